The van der Waals surface area contributed by atoms with Crippen molar-refractivity contribution in [2.75, 3.05) is 43.5 Å². The van der Waals surface area contributed by atoms with Gasteiger partial charge in [0.15, 0.2) is 0 Å². The third kappa shape index (κ3) is 3.41. The Kier molecular flexibility index (Phi) is 4.04. The van der Waals surface area contributed by atoms with Crippen LogP contribution in [0.3, 0.4) is 0 Å². The van der Waals surface area contributed by atoms with Crippen molar-refractivity contribution in [2.45, 2.75) is 26.8 Å². The van der Waals surface area contributed by atoms with Crippen molar-refractivity contribution in [3.63, 3.8) is 0 Å². The zero-order valence-corrected chi connectivity index (χ0v) is 12.9. The van der Waals surface area contributed by atoms with Crippen LogP contribution in [0.2, 0.25) is 0 Å². The van der Waals surface area contributed by atoms with Crippen LogP contribution in [0.25, 0.3) is 0 Å². The van der Waals surface area contributed by atoms with Gasteiger partial charge in [0, 0.05) is 51.1 Å². The highest BCUT2D eigenvalue weighted by molar-refractivity contribution is 5.59. The minimum atomic E-state index is 0.303. The molecule has 2 rings (SSSR count). The minimum absolute atomic E-state index is 0.303. The molecule has 1 aliphatic heterocycles. The highest BCUT2D eigenvalue weighted by Crippen LogP contribution is 2.26. The summed E-state index contributed by atoms with van der Waals surface area (Å²) in [5, 5.41) is 3.64. The Morgan fingerprint density at radius 3 is 2.63 bits per heavy atom. The first-order chi connectivity index (χ1) is 8.88. The molecule has 1 aromatic carbocycles. The maximum Gasteiger partial charge on any atom is 0.0387 e. The lowest BCUT2D eigenvalue weighted by atomic mass is 9.85. The molecule has 1 atom stereocenters. The molecule has 0 saturated carbocycles. The highest BCUT2D eigenvalue weighted by atomic mass is 15.2. The molecule has 19 heavy (non-hydrogen) atoms. The Bertz CT molecular complexity index is 420. The first-order valence-electron chi connectivity index (χ1n) is 7.13. The Labute approximate surface area is 117 Å². The maximum absolute atomic E-state index is 3.64. The van der Waals surface area contributed by atoms with E-state index in [0.717, 1.165) is 19.6 Å². The van der Waals surface area contributed by atoms with Crippen molar-refractivity contribution in [3.05, 3.63) is 24.3 Å². The zero-order valence-electron chi connectivity index (χ0n) is 12.9. The fourth-order valence-corrected chi connectivity index (χ4v) is 2.53. The number of piperazine rings is 1. The summed E-state index contributed by atoms with van der Waals surface area (Å²) in [7, 11) is 4.18. The Morgan fingerprint density at radius 2 is 2.00 bits per heavy atom. The third-order valence-electron chi connectivity index (χ3n) is 3.93. The highest BCUT2D eigenvalue weighted by Gasteiger charge is 2.29. The number of nitrogens with one attached hydrogen (secondary N) is 1. The molecule has 0 spiro atoms. The normalized spacial score (nSPS) is 20.5. The first-order valence-corrected chi connectivity index (χ1v) is 7.13. The Morgan fingerprint density at radius 1 is 1.26 bits per heavy atom. The van der Waals surface area contributed by atoms with Gasteiger partial charge in [-0.05, 0) is 23.6 Å². The Balaban J connectivity index is 2.15. The molecule has 1 fully saturated rings. The molecule has 1 unspecified atom stereocenters. The predicted molar refractivity (Wildman–Crippen MR) is 84.2 cm³/mol. The van der Waals surface area contributed by atoms with Crippen molar-refractivity contribution >= 4 is 11.4 Å². The fourth-order valence-electron chi connectivity index (χ4n) is 2.53. The van der Waals surface area contributed by atoms with E-state index in [1.165, 1.54) is 11.4 Å². The van der Waals surface area contributed by atoms with Gasteiger partial charge < -0.3 is 15.1 Å². The van der Waals surface area contributed by atoms with Gasteiger partial charge in [-0.2, -0.15) is 0 Å². The topological polar surface area (TPSA) is 18.5 Å². The van der Waals surface area contributed by atoms with Crippen LogP contribution in [-0.2, 0) is 0 Å². The molecule has 3 heteroatoms. The largest absolute Gasteiger partial charge is 0.378 e. The van der Waals surface area contributed by atoms with E-state index >= 15 is 0 Å². The molecule has 3 nitrogen and oxygen atoms in total. The quantitative estimate of drug-likeness (QED) is 0.883. The number of benzene rings is 1. The average molecular weight is 261 g/mol. The predicted octanol–water partition coefficient (Wildman–Crippen LogP) is 2.58. The maximum atomic E-state index is 3.64. The van der Waals surface area contributed by atoms with Crippen LogP contribution in [0.1, 0.15) is 20.8 Å². The van der Waals surface area contributed by atoms with Crippen LogP contribution >= 0.6 is 0 Å². The summed E-state index contributed by atoms with van der Waals surface area (Å²) in [6.07, 6.45) is 0. The van der Waals surface area contributed by atoms with E-state index in [0.29, 0.717) is 11.5 Å². The van der Waals surface area contributed by atoms with Gasteiger partial charge in [0.05, 0.1) is 0 Å². The lowest BCUT2D eigenvalue weighted by molar-refractivity contribution is 0.254. The van der Waals surface area contributed by atoms with Gasteiger partial charge in [0.2, 0.25) is 0 Å². The van der Waals surface area contributed by atoms with Gasteiger partial charge in [0.25, 0.3) is 0 Å². The lowest BCUT2D eigenvalue weighted by Crippen LogP contribution is -2.56. The zero-order chi connectivity index (χ0) is 14.0. The van der Waals surface area contributed by atoms with Crippen molar-refractivity contribution in [1.29, 1.82) is 0 Å². The second kappa shape index (κ2) is 5.41. The number of hydrogen-bond donors (Lipinski definition) is 1. The molecule has 0 amide bonds. The summed E-state index contributed by atoms with van der Waals surface area (Å²) in [5.41, 5.74) is 2.91. The second-order valence-corrected chi connectivity index (χ2v) is 6.73. The summed E-state index contributed by atoms with van der Waals surface area (Å²) in [6, 6.07) is 9.36. The van der Waals surface area contributed by atoms with Gasteiger partial charge in [0.1, 0.15) is 0 Å². The van der Waals surface area contributed by atoms with Crippen LogP contribution < -0.4 is 15.1 Å². The molecule has 1 heterocycles. The van der Waals surface area contributed by atoms with Crippen LogP contribution in [0.15, 0.2) is 24.3 Å². The van der Waals surface area contributed by atoms with Gasteiger partial charge >= 0.3 is 0 Å². The second-order valence-electron chi connectivity index (χ2n) is 6.73. The molecule has 1 N–H and O–H groups in total. The van der Waals surface area contributed by atoms with Crippen molar-refractivity contribution in [2.24, 2.45) is 5.41 Å². The summed E-state index contributed by atoms with van der Waals surface area (Å²) in [5.74, 6) is 0. The molecule has 1 aromatic rings. The van der Waals surface area contributed by atoms with E-state index in [1.807, 2.05) is 0 Å². The van der Waals surface area contributed by atoms with Gasteiger partial charge in [-0.1, -0.05) is 26.8 Å². The number of rotatable bonds is 2. The molecule has 1 aliphatic rings. The summed E-state index contributed by atoms with van der Waals surface area (Å²) in [6.45, 7) is 10.2. The van der Waals surface area contributed by atoms with E-state index in [-0.39, 0.29) is 0 Å². The average Bonchev–Trinajstić information content (AvgIpc) is 2.38. The van der Waals surface area contributed by atoms with E-state index in [9.17, 15) is 0 Å². The molecule has 106 valence electrons. The molecule has 0 radical (unpaired) electrons. The molecular formula is C16H27N3. The van der Waals surface area contributed by atoms with Gasteiger partial charge in [-0.25, -0.2) is 0 Å². The summed E-state index contributed by atoms with van der Waals surface area (Å²) in [4.78, 5) is 4.66. The number of hydrogen-bond acceptors (Lipinski definition) is 3. The van der Waals surface area contributed by atoms with Crippen molar-refractivity contribution in [3.8, 4) is 0 Å². The van der Waals surface area contributed by atoms with Gasteiger partial charge in [-0.15, -0.1) is 0 Å². The number of nitrogens with zero attached hydrogens (tertiary/aromatic N) is 2. The lowest BCUT2D eigenvalue weighted by Gasteiger charge is -2.41. The molecule has 0 bridgehead atoms. The van der Waals surface area contributed by atoms with E-state index in [1.54, 1.807) is 0 Å². The third-order valence-corrected chi connectivity index (χ3v) is 3.93. The van der Waals surface area contributed by atoms with Crippen LogP contribution in [-0.4, -0.2) is 39.8 Å². The SMILES string of the molecule is CN(C)c1cccc(N2CCNC(C(C)(C)C)C2)c1. The monoisotopic (exact) mass is 261 g/mol. The molecular weight excluding hydrogens is 234 g/mol. The van der Waals surface area contributed by atoms with E-state index < -0.39 is 0 Å². The summed E-state index contributed by atoms with van der Waals surface area (Å²) < 4.78 is 0. The van der Waals surface area contributed by atoms with Crippen LogP contribution in [0.4, 0.5) is 11.4 Å². The molecule has 0 aliphatic carbocycles. The fraction of sp³-hybridized carbons (Fsp3) is 0.625. The molecule has 0 aromatic heterocycles. The van der Waals surface area contributed by atoms with Crippen molar-refractivity contribution < 1.29 is 0 Å². The summed E-state index contributed by atoms with van der Waals surface area (Å²) >= 11 is 0. The first kappa shape index (κ1) is 14.2. The smallest absolute Gasteiger partial charge is 0.0387 e. The minimum Gasteiger partial charge on any atom is -0.378 e. The van der Waals surface area contributed by atoms with Gasteiger partial charge in [-0.3, -0.25) is 0 Å². The van der Waals surface area contributed by atoms with Crippen molar-refractivity contribution in [1.82, 2.24) is 5.32 Å². The van der Waals surface area contributed by atoms with Crippen LogP contribution in [0, 0.1) is 5.41 Å². The molecule has 1 saturated heterocycles. The van der Waals surface area contributed by atoms with Crippen LogP contribution in [0.5, 0.6) is 0 Å². The number of anilines is 2. The van der Waals surface area contributed by atoms with E-state index in [2.05, 4.69) is 74.2 Å². The van der Waals surface area contributed by atoms with E-state index in [4.69, 9.17) is 0 Å². The standard InChI is InChI=1S/C16H27N3/c1-16(2,3)15-12-19(10-9-17-15)14-8-6-7-13(11-14)18(4)5/h6-8,11,15,17H,9-10,12H2,1-5H3. The Hall–Kier alpha value is -1.22.